The summed E-state index contributed by atoms with van der Waals surface area (Å²) in [6.45, 7) is 10.7. The summed E-state index contributed by atoms with van der Waals surface area (Å²) in [6, 6.07) is 9.25. The zero-order valence-electron chi connectivity index (χ0n) is 21.9. The number of carbonyl (C=O) groups excluding carboxylic acids is 2. The van der Waals surface area contributed by atoms with Crippen molar-refractivity contribution in [2.75, 3.05) is 12.9 Å². The second-order valence-electron chi connectivity index (χ2n) is 9.94. The van der Waals surface area contributed by atoms with Crippen LogP contribution in [0.25, 0.3) is 21.8 Å². The van der Waals surface area contributed by atoms with Gasteiger partial charge in [-0.25, -0.2) is 9.78 Å². The smallest absolute Gasteiger partial charge is 0.344 e. The number of benzene rings is 1. The van der Waals surface area contributed by atoms with Crippen LogP contribution in [0.5, 0.6) is 5.75 Å². The molecule has 3 aromatic rings. The van der Waals surface area contributed by atoms with E-state index in [1.807, 2.05) is 77.4 Å². The summed E-state index contributed by atoms with van der Waals surface area (Å²) in [7, 11) is 0. The van der Waals surface area contributed by atoms with Crippen LogP contribution in [0.3, 0.4) is 0 Å². The third-order valence-corrected chi connectivity index (χ3v) is 7.60. The number of ether oxygens (including phenoxy) is 2. The van der Waals surface area contributed by atoms with Crippen LogP contribution in [-0.2, 0) is 19.2 Å². The quantitative estimate of drug-likeness (QED) is 0.0795. The van der Waals surface area contributed by atoms with Crippen LogP contribution in [0.1, 0.15) is 46.4 Å². The summed E-state index contributed by atoms with van der Waals surface area (Å²) in [5, 5.41) is 12.2. The molecule has 0 bridgehead atoms. The van der Waals surface area contributed by atoms with Crippen molar-refractivity contribution >= 4 is 52.7 Å². The van der Waals surface area contributed by atoms with Gasteiger partial charge in [0.2, 0.25) is 6.41 Å². The van der Waals surface area contributed by atoms with Gasteiger partial charge >= 0.3 is 5.97 Å². The molecular formula is C26H31N3O5S3. The number of hydroxylamine groups is 2. The number of amidine groups is 1. The Hall–Kier alpha value is -2.73. The first kappa shape index (κ1) is 28.8. The van der Waals surface area contributed by atoms with Crippen molar-refractivity contribution < 1.29 is 23.9 Å². The molecule has 2 heterocycles. The van der Waals surface area contributed by atoms with Gasteiger partial charge in [0.15, 0.2) is 12.4 Å². The van der Waals surface area contributed by atoms with Gasteiger partial charge in [0.25, 0.3) is 0 Å². The van der Waals surface area contributed by atoms with Crippen molar-refractivity contribution in [1.82, 2.24) is 10.0 Å². The average molecular weight is 562 g/mol. The average Bonchev–Trinajstić information content (AvgIpc) is 3.46. The molecule has 0 saturated heterocycles. The lowest BCUT2D eigenvalue weighted by molar-refractivity contribution is -0.183. The van der Waals surface area contributed by atoms with E-state index in [9.17, 15) is 9.59 Å². The lowest BCUT2D eigenvalue weighted by atomic mass is 10.1. The zero-order chi connectivity index (χ0) is 27.4. The summed E-state index contributed by atoms with van der Waals surface area (Å²) in [4.78, 5) is 34.6. The topological polar surface area (TPSA) is 102 Å². The minimum absolute atomic E-state index is 0.0249. The number of nitrogens with one attached hydrogen (secondary N) is 1. The van der Waals surface area contributed by atoms with Crippen LogP contribution in [-0.4, -0.2) is 52.3 Å². The highest BCUT2D eigenvalue weighted by molar-refractivity contribution is 8.00. The van der Waals surface area contributed by atoms with Crippen molar-refractivity contribution in [1.29, 1.82) is 5.41 Å². The number of thiophene rings is 1. The molecule has 0 aliphatic rings. The molecule has 0 fully saturated rings. The van der Waals surface area contributed by atoms with Crippen LogP contribution < -0.4 is 4.74 Å². The highest BCUT2D eigenvalue weighted by Gasteiger charge is 2.24. The zero-order valence-corrected chi connectivity index (χ0v) is 24.4. The van der Waals surface area contributed by atoms with Crippen LogP contribution in [0.15, 0.2) is 39.9 Å². The van der Waals surface area contributed by atoms with E-state index in [1.54, 1.807) is 17.8 Å². The third-order valence-electron chi connectivity index (χ3n) is 4.45. The molecule has 1 aromatic carbocycles. The molecular weight excluding hydrogens is 531 g/mol. The minimum atomic E-state index is -0.620. The molecule has 1 N–H and O–H groups in total. The van der Waals surface area contributed by atoms with Gasteiger partial charge in [-0.3, -0.25) is 15.0 Å². The molecule has 2 aromatic heterocycles. The van der Waals surface area contributed by atoms with Gasteiger partial charge in [0, 0.05) is 16.5 Å². The van der Waals surface area contributed by atoms with Gasteiger partial charge in [-0.05, 0) is 66.0 Å². The number of nitrogens with zero attached hydrogens (tertiary/aromatic N) is 2. The Labute approximate surface area is 229 Å². The molecule has 1 amide bonds. The summed E-state index contributed by atoms with van der Waals surface area (Å²) >= 11 is 4.46. The molecule has 198 valence electrons. The lowest BCUT2D eigenvalue weighted by Gasteiger charge is -2.26. The largest absolute Gasteiger partial charge is 0.482 e. The lowest BCUT2D eigenvalue weighted by Crippen LogP contribution is -2.37. The monoisotopic (exact) mass is 561 g/mol. The maximum absolute atomic E-state index is 12.0. The number of thiazole rings is 1. The number of thioether (sulfide) groups is 1. The van der Waals surface area contributed by atoms with Gasteiger partial charge < -0.3 is 9.47 Å². The summed E-state index contributed by atoms with van der Waals surface area (Å²) in [5.41, 5.74) is 1.32. The van der Waals surface area contributed by atoms with Gasteiger partial charge in [0.1, 0.15) is 16.4 Å². The first-order valence-electron chi connectivity index (χ1n) is 11.4. The van der Waals surface area contributed by atoms with Crippen molar-refractivity contribution in [3.8, 4) is 27.6 Å². The van der Waals surface area contributed by atoms with E-state index in [0.29, 0.717) is 17.0 Å². The Morgan fingerprint density at radius 1 is 1.16 bits per heavy atom. The van der Waals surface area contributed by atoms with Crippen molar-refractivity contribution in [2.24, 2.45) is 0 Å². The summed E-state index contributed by atoms with van der Waals surface area (Å²) in [5.74, 6) is 0.0863. The predicted molar refractivity (Wildman–Crippen MR) is 150 cm³/mol. The van der Waals surface area contributed by atoms with E-state index in [4.69, 9.17) is 24.7 Å². The van der Waals surface area contributed by atoms with Crippen molar-refractivity contribution in [2.45, 2.75) is 57.0 Å². The van der Waals surface area contributed by atoms with Gasteiger partial charge in [0.05, 0.1) is 20.4 Å². The highest BCUT2D eigenvalue weighted by atomic mass is 32.2. The minimum Gasteiger partial charge on any atom is -0.482 e. The van der Waals surface area contributed by atoms with Crippen LogP contribution >= 0.6 is 34.4 Å². The van der Waals surface area contributed by atoms with Crippen LogP contribution in [0.4, 0.5) is 0 Å². The molecule has 0 aliphatic heterocycles. The number of esters is 1. The molecule has 0 aliphatic carbocycles. The fourth-order valence-electron chi connectivity index (χ4n) is 3.10. The SMILES string of the molecule is CSc1sc(C(=N)N(C=O)OC(C)(C)C)cc1-c1nc(-c2cccc(OCC(=O)OC(C)(C)C)c2)cs1. The van der Waals surface area contributed by atoms with E-state index in [1.165, 1.54) is 22.7 Å². The van der Waals surface area contributed by atoms with Crippen molar-refractivity contribution in [3.63, 3.8) is 0 Å². The molecule has 3 rings (SSSR count). The fourth-order valence-corrected chi connectivity index (χ4v) is 5.89. The van der Waals surface area contributed by atoms with Gasteiger partial charge in [-0.15, -0.1) is 34.4 Å². The Kier molecular flexibility index (Phi) is 9.17. The summed E-state index contributed by atoms with van der Waals surface area (Å²) < 4.78 is 11.9. The predicted octanol–water partition coefficient (Wildman–Crippen LogP) is 6.49. The van der Waals surface area contributed by atoms with E-state index < -0.39 is 17.2 Å². The molecule has 0 radical (unpaired) electrons. The Morgan fingerprint density at radius 3 is 2.51 bits per heavy atom. The normalized spacial score (nSPS) is 11.8. The van der Waals surface area contributed by atoms with Crippen LogP contribution in [0, 0.1) is 5.41 Å². The number of rotatable bonds is 9. The Morgan fingerprint density at radius 2 is 1.89 bits per heavy atom. The Bertz CT molecular complexity index is 1270. The standard InChI is InChI=1S/C26H31N3O5S3/c1-25(2,3)33-21(31)13-32-17-10-8-9-16(11-17)19-14-36-23(28-19)18-12-20(37-24(18)35-7)22(27)29(15-30)34-26(4,5)6/h8-12,14-15,27H,13H2,1-7H3. The number of carbonyl (C=O) groups is 2. The van der Waals surface area contributed by atoms with Gasteiger partial charge in [-0.2, -0.15) is 5.06 Å². The molecule has 37 heavy (non-hydrogen) atoms. The number of hydrogen-bond acceptors (Lipinski definition) is 10. The molecule has 8 nitrogen and oxygen atoms in total. The first-order valence-corrected chi connectivity index (χ1v) is 14.3. The van der Waals surface area contributed by atoms with E-state index >= 15 is 0 Å². The second kappa shape index (κ2) is 11.8. The molecule has 0 saturated carbocycles. The fraction of sp³-hybridized carbons (Fsp3) is 0.385. The van der Waals surface area contributed by atoms with Gasteiger partial charge in [-0.1, -0.05) is 12.1 Å². The third kappa shape index (κ3) is 8.13. The van der Waals surface area contributed by atoms with E-state index in [-0.39, 0.29) is 12.4 Å². The van der Waals surface area contributed by atoms with E-state index in [2.05, 4.69) is 0 Å². The maximum Gasteiger partial charge on any atom is 0.344 e. The molecule has 11 heteroatoms. The summed E-state index contributed by atoms with van der Waals surface area (Å²) in [6.07, 6.45) is 2.47. The second-order valence-corrected chi connectivity index (χ2v) is 12.9. The molecule has 0 unspecified atom stereocenters. The van der Waals surface area contributed by atoms with E-state index in [0.717, 1.165) is 31.1 Å². The number of amides is 1. The first-order chi connectivity index (χ1) is 17.3. The Balaban J connectivity index is 1.80. The molecule has 0 spiro atoms. The van der Waals surface area contributed by atoms with Crippen molar-refractivity contribution in [3.05, 3.63) is 40.6 Å². The molecule has 0 atom stereocenters. The number of hydrogen-bond donors (Lipinski definition) is 1. The number of aromatic nitrogens is 1. The maximum atomic E-state index is 12.0. The highest BCUT2D eigenvalue weighted by Crippen LogP contribution is 2.41. The van der Waals surface area contributed by atoms with Crippen LogP contribution in [0.2, 0.25) is 0 Å².